The maximum Gasteiger partial charge on any atom is 0.322 e. The van der Waals surface area contributed by atoms with Crippen LogP contribution in [0.1, 0.15) is 11.6 Å². The highest BCUT2D eigenvalue weighted by atomic mass is 16.5. The van der Waals surface area contributed by atoms with E-state index in [-0.39, 0.29) is 5.91 Å². The van der Waals surface area contributed by atoms with E-state index in [1.807, 2.05) is 14.1 Å². The zero-order chi connectivity index (χ0) is 15.1. The molecule has 3 amide bonds. The number of ether oxygens (including phenoxy) is 2. The Kier molecular flexibility index (Phi) is 5.79. The molecule has 1 saturated heterocycles. The van der Waals surface area contributed by atoms with E-state index in [4.69, 9.17) is 9.47 Å². The molecule has 0 saturated carbocycles. The molecule has 7 heteroatoms. The number of urea groups is 1. The first-order valence-corrected chi connectivity index (χ1v) is 5.98. The molecule has 1 aromatic carbocycles. The van der Waals surface area contributed by atoms with Gasteiger partial charge in [0, 0.05) is 6.07 Å². The van der Waals surface area contributed by atoms with Crippen LogP contribution in [0.2, 0.25) is 0 Å². The minimum absolute atomic E-state index is 0.384. The van der Waals surface area contributed by atoms with Gasteiger partial charge in [0.05, 0.1) is 14.2 Å². The molecule has 0 spiro atoms. The second kappa shape index (κ2) is 7.34. The van der Waals surface area contributed by atoms with Gasteiger partial charge >= 0.3 is 6.03 Å². The van der Waals surface area contributed by atoms with Gasteiger partial charge in [0.1, 0.15) is 17.5 Å². The molecular formula is C13H19N3O4. The Morgan fingerprint density at radius 3 is 1.90 bits per heavy atom. The van der Waals surface area contributed by atoms with Crippen molar-refractivity contribution in [1.29, 1.82) is 0 Å². The van der Waals surface area contributed by atoms with E-state index in [9.17, 15) is 9.59 Å². The van der Waals surface area contributed by atoms with Crippen molar-refractivity contribution in [3.8, 4) is 11.5 Å². The third-order valence-corrected chi connectivity index (χ3v) is 2.48. The lowest BCUT2D eigenvalue weighted by Crippen LogP contribution is -2.22. The van der Waals surface area contributed by atoms with Crippen molar-refractivity contribution in [1.82, 2.24) is 16.0 Å². The van der Waals surface area contributed by atoms with E-state index in [1.54, 1.807) is 18.2 Å². The Labute approximate surface area is 117 Å². The summed E-state index contributed by atoms with van der Waals surface area (Å²) in [4.78, 5) is 22.5. The van der Waals surface area contributed by atoms with Gasteiger partial charge in [-0.3, -0.25) is 10.1 Å². The SMILES string of the molecule is CNC.COc1cc(OC)cc(C2NC(=O)NC2=O)c1. The fourth-order valence-corrected chi connectivity index (χ4v) is 1.65. The summed E-state index contributed by atoms with van der Waals surface area (Å²) in [6.07, 6.45) is 0. The van der Waals surface area contributed by atoms with E-state index in [0.717, 1.165) is 0 Å². The molecule has 1 heterocycles. The summed E-state index contributed by atoms with van der Waals surface area (Å²) < 4.78 is 10.2. The topological polar surface area (TPSA) is 88.7 Å². The number of hydrogen-bond acceptors (Lipinski definition) is 5. The van der Waals surface area contributed by atoms with E-state index in [0.29, 0.717) is 17.1 Å². The van der Waals surface area contributed by atoms with Gasteiger partial charge in [0.15, 0.2) is 0 Å². The van der Waals surface area contributed by atoms with E-state index in [1.165, 1.54) is 14.2 Å². The molecular weight excluding hydrogens is 262 g/mol. The molecule has 3 N–H and O–H groups in total. The molecule has 7 nitrogen and oxygen atoms in total. The summed E-state index contributed by atoms with van der Waals surface area (Å²) in [5.74, 6) is 0.743. The highest BCUT2D eigenvalue weighted by Crippen LogP contribution is 2.27. The van der Waals surface area contributed by atoms with Gasteiger partial charge < -0.3 is 20.1 Å². The maximum atomic E-state index is 11.5. The Morgan fingerprint density at radius 2 is 1.55 bits per heavy atom. The predicted octanol–water partition coefficient (Wildman–Crippen LogP) is 0.420. The van der Waals surface area contributed by atoms with Gasteiger partial charge in [0.25, 0.3) is 5.91 Å². The Bertz CT molecular complexity index is 468. The quantitative estimate of drug-likeness (QED) is 0.699. The minimum atomic E-state index is -0.702. The number of rotatable bonds is 3. The molecule has 1 aliphatic heterocycles. The van der Waals surface area contributed by atoms with Crippen molar-refractivity contribution in [2.75, 3.05) is 28.3 Å². The number of benzene rings is 1. The second-order valence-corrected chi connectivity index (χ2v) is 4.04. The summed E-state index contributed by atoms with van der Waals surface area (Å²) in [6.45, 7) is 0. The fourth-order valence-electron chi connectivity index (χ4n) is 1.65. The van der Waals surface area contributed by atoms with Crippen molar-refractivity contribution in [2.24, 2.45) is 0 Å². The molecule has 2 rings (SSSR count). The van der Waals surface area contributed by atoms with Crippen LogP contribution in [0.4, 0.5) is 4.79 Å². The van der Waals surface area contributed by atoms with Crippen LogP contribution in [0.25, 0.3) is 0 Å². The number of carbonyl (C=O) groups is 2. The number of amides is 3. The normalized spacial score (nSPS) is 16.7. The van der Waals surface area contributed by atoms with Gasteiger partial charge in [-0.1, -0.05) is 0 Å². The van der Waals surface area contributed by atoms with Crippen LogP contribution >= 0.6 is 0 Å². The van der Waals surface area contributed by atoms with Crippen LogP contribution in [0, 0.1) is 0 Å². The lowest BCUT2D eigenvalue weighted by Gasteiger charge is -2.11. The van der Waals surface area contributed by atoms with Gasteiger partial charge in [-0.15, -0.1) is 0 Å². The molecule has 0 aromatic heterocycles. The smallest absolute Gasteiger partial charge is 0.322 e. The monoisotopic (exact) mass is 281 g/mol. The molecule has 1 aromatic rings. The predicted molar refractivity (Wildman–Crippen MR) is 73.9 cm³/mol. The average Bonchev–Trinajstić information content (AvgIpc) is 2.78. The molecule has 1 aliphatic rings. The average molecular weight is 281 g/mol. The maximum absolute atomic E-state index is 11.5. The molecule has 1 fully saturated rings. The second-order valence-electron chi connectivity index (χ2n) is 4.04. The Hall–Kier alpha value is -2.28. The summed E-state index contributed by atoms with van der Waals surface area (Å²) in [7, 11) is 6.79. The fraction of sp³-hybridized carbons (Fsp3) is 0.385. The van der Waals surface area contributed by atoms with Gasteiger partial charge in [-0.2, -0.15) is 0 Å². The summed E-state index contributed by atoms with van der Waals surface area (Å²) in [5, 5.41) is 7.43. The highest BCUT2D eigenvalue weighted by Gasteiger charge is 2.31. The third kappa shape index (κ3) is 3.86. The number of carbonyl (C=O) groups excluding carboxylic acids is 2. The van der Waals surface area contributed by atoms with Crippen molar-refractivity contribution in [2.45, 2.75) is 6.04 Å². The van der Waals surface area contributed by atoms with Crippen molar-refractivity contribution in [3.63, 3.8) is 0 Å². The number of nitrogens with one attached hydrogen (secondary N) is 3. The third-order valence-electron chi connectivity index (χ3n) is 2.48. The van der Waals surface area contributed by atoms with Crippen LogP contribution < -0.4 is 25.4 Å². The van der Waals surface area contributed by atoms with Gasteiger partial charge in [-0.25, -0.2) is 4.79 Å². The number of imide groups is 1. The van der Waals surface area contributed by atoms with Crippen LogP contribution in [0.15, 0.2) is 18.2 Å². The molecule has 20 heavy (non-hydrogen) atoms. The Balaban J connectivity index is 0.000000612. The molecule has 0 bridgehead atoms. The largest absolute Gasteiger partial charge is 0.497 e. The van der Waals surface area contributed by atoms with Gasteiger partial charge in [0.2, 0.25) is 0 Å². The van der Waals surface area contributed by atoms with Crippen LogP contribution in [0.3, 0.4) is 0 Å². The standard InChI is InChI=1S/C11H12N2O4.C2H7N/c1-16-7-3-6(4-8(5-7)17-2)9-10(14)13-11(15)12-9;1-3-2/h3-5,9H,1-2H3,(H2,12,13,14,15);3H,1-2H3. The first kappa shape index (κ1) is 15.8. The van der Waals surface area contributed by atoms with Crippen molar-refractivity contribution >= 4 is 11.9 Å². The first-order valence-electron chi connectivity index (χ1n) is 5.98. The van der Waals surface area contributed by atoms with E-state index >= 15 is 0 Å². The molecule has 0 radical (unpaired) electrons. The first-order chi connectivity index (χ1) is 9.55. The lowest BCUT2D eigenvalue weighted by molar-refractivity contribution is -0.120. The molecule has 1 unspecified atom stereocenters. The minimum Gasteiger partial charge on any atom is -0.497 e. The van der Waals surface area contributed by atoms with Crippen molar-refractivity contribution in [3.05, 3.63) is 23.8 Å². The lowest BCUT2D eigenvalue weighted by atomic mass is 10.1. The molecule has 1 atom stereocenters. The van der Waals surface area contributed by atoms with Crippen LogP contribution in [-0.4, -0.2) is 40.3 Å². The number of methoxy groups -OCH3 is 2. The van der Waals surface area contributed by atoms with Crippen LogP contribution in [-0.2, 0) is 4.79 Å². The highest BCUT2D eigenvalue weighted by molar-refractivity contribution is 6.04. The molecule has 110 valence electrons. The number of hydrogen-bond donors (Lipinski definition) is 3. The van der Waals surface area contributed by atoms with E-state index < -0.39 is 12.1 Å². The summed E-state index contributed by atoms with van der Waals surface area (Å²) in [6, 6.07) is 3.85. The van der Waals surface area contributed by atoms with E-state index in [2.05, 4.69) is 16.0 Å². The van der Waals surface area contributed by atoms with Crippen LogP contribution in [0.5, 0.6) is 11.5 Å². The van der Waals surface area contributed by atoms with Gasteiger partial charge in [-0.05, 0) is 31.8 Å². The Morgan fingerprint density at radius 1 is 1.05 bits per heavy atom. The zero-order valence-corrected chi connectivity index (χ0v) is 11.9. The van der Waals surface area contributed by atoms with Crippen molar-refractivity contribution < 1.29 is 19.1 Å². The zero-order valence-electron chi connectivity index (χ0n) is 11.9. The summed E-state index contributed by atoms with van der Waals surface area (Å²) in [5.41, 5.74) is 0.615. The molecule has 0 aliphatic carbocycles. The summed E-state index contributed by atoms with van der Waals surface area (Å²) >= 11 is 0.